The molecule has 17 heavy (non-hydrogen) atoms. The number of nitriles is 2. The number of hydrogen-bond donors (Lipinski definition) is 1. The summed E-state index contributed by atoms with van der Waals surface area (Å²) in [5, 5.41) is 20.1. The zero-order valence-corrected chi connectivity index (χ0v) is 9.10. The Hall–Kier alpha value is -2.53. The first-order chi connectivity index (χ1) is 8.24. The Morgan fingerprint density at radius 1 is 1.41 bits per heavy atom. The summed E-state index contributed by atoms with van der Waals surface area (Å²) >= 11 is 0. The zero-order valence-electron chi connectivity index (χ0n) is 9.10. The van der Waals surface area contributed by atoms with Crippen LogP contribution in [0.25, 0.3) is 0 Å². The highest BCUT2D eigenvalue weighted by atomic mass is 16.2. The fourth-order valence-electron chi connectivity index (χ4n) is 1.81. The van der Waals surface area contributed by atoms with Crippen molar-refractivity contribution in [1.29, 1.82) is 10.5 Å². The number of rotatable bonds is 2. The van der Waals surface area contributed by atoms with Crippen molar-refractivity contribution < 1.29 is 4.79 Å². The van der Waals surface area contributed by atoms with Crippen LogP contribution in [0.4, 0.5) is 11.4 Å². The van der Waals surface area contributed by atoms with Crippen molar-refractivity contribution in [3.63, 3.8) is 0 Å². The van der Waals surface area contributed by atoms with Gasteiger partial charge in [-0.2, -0.15) is 10.5 Å². The van der Waals surface area contributed by atoms with Crippen LogP contribution < -0.4 is 10.2 Å². The van der Waals surface area contributed by atoms with Crippen LogP contribution in [0.5, 0.6) is 0 Å². The van der Waals surface area contributed by atoms with E-state index in [1.165, 1.54) is 0 Å². The fourth-order valence-corrected chi connectivity index (χ4v) is 1.81. The van der Waals surface area contributed by atoms with Crippen LogP contribution in [-0.4, -0.2) is 19.0 Å². The molecule has 0 saturated heterocycles. The van der Waals surface area contributed by atoms with Gasteiger partial charge < -0.3 is 10.2 Å². The lowest BCUT2D eigenvalue weighted by Gasteiger charge is -2.30. The molecule has 1 aromatic carbocycles. The molecule has 1 aromatic rings. The van der Waals surface area contributed by atoms with Crippen LogP contribution >= 0.6 is 0 Å². The Kier molecular flexibility index (Phi) is 2.93. The third-order valence-electron chi connectivity index (χ3n) is 2.57. The van der Waals surface area contributed by atoms with Crippen molar-refractivity contribution in [3.05, 3.63) is 23.8 Å². The van der Waals surface area contributed by atoms with Gasteiger partial charge in [-0.25, -0.2) is 0 Å². The quantitative estimate of drug-likeness (QED) is 0.822. The molecule has 5 heteroatoms. The Bertz CT molecular complexity index is 538. The number of nitrogens with one attached hydrogen (secondary N) is 1. The smallest absolute Gasteiger partial charge is 0.243 e. The molecule has 0 aliphatic carbocycles. The third-order valence-corrected chi connectivity index (χ3v) is 2.57. The Balaban J connectivity index is 2.34. The van der Waals surface area contributed by atoms with Gasteiger partial charge in [-0.15, -0.1) is 0 Å². The Morgan fingerprint density at radius 2 is 2.24 bits per heavy atom. The SMILES string of the molecule is N#CCCN1CC(=O)Nc2cc(C#N)ccc21. The van der Waals surface area contributed by atoms with Crippen LogP contribution in [0, 0.1) is 22.7 Å². The van der Waals surface area contributed by atoms with E-state index < -0.39 is 0 Å². The molecule has 84 valence electrons. The molecule has 0 fully saturated rings. The minimum atomic E-state index is -0.120. The molecule has 0 unspecified atom stereocenters. The van der Waals surface area contributed by atoms with Gasteiger partial charge in [0.05, 0.1) is 42.0 Å². The van der Waals surface area contributed by atoms with Crippen LogP contribution in [0.15, 0.2) is 18.2 Å². The van der Waals surface area contributed by atoms with E-state index in [0.717, 1.165) is 5.69 Å². The number of carbonyl (C=O) groups excluding carboxylic acids is 1. The average molecular weight is 226 g/mol. The number of hydrogen-bond acceptors (Lipinski definition) is 4. The Labute approximate surface area is 98.9 Å². The highest BCUT2D eigenvalue weighted by Gasteiger charge is 2.21. The number of carbonyl (C=O) groups is 1. The van der Waals surface area contributed by atoms with Crippen LogP contribution in [0.3, 0.4) is 0 Å². The van der Waals surface area contributed by atoms with E-state index in [-0.39, 0.29) is 12.5 Å². The van der Waals surface area contributed by atoms with Crippen molar-refractivity contribution in [2.45, 2.75) is 6.42 Å². The normalized spacial score (nSPS) is 13.3. The first kappa shape index (κ1) is 11.0. The molecule has 0 spiro atoms. The van der Waals surface area contributed by atoms with Gasteiger partial charge in [-0.05, 0) is 18.2 Å². The summed E-state index contributed by atoms with van der Waals surface area (Å²) in [4.78, 5) is 13.3. The molecule has 1 aliphatic rings. The van der Waals surface area contributed by atoms with Crippen LogP contribution in [0.2, 0.25) is 0 Å². The summed E-state index contributed by atoms with van der Waals surface area (Å²) < 4.78 is 0. The molecule has 0 saturated carbocycles. The molecule has 2 rings (SSSR count). The number of fused-ring (bicyclic) bond motifs is 1. The molecule has 0 radical (unpaired) electrons. The molecule has 1 N–H and O–H groups in total. The van der Waals surface area contributed by atoms with Gasteiger partial charge in [0.15, 0.2) is 0 Å². The van der Waals surface area contributed by atoms with Gasteiger partial charge >= 0.3 is 0 Å². The van der Waals surface area contributed by atoms with E-state index in [1.807, 2.05) is 11.0 Å². The van der Waals surface area contributed by atoms with E-state index in [0.29, 0.717) is 24.2 Å². The first-order valence-electron chi connectivity index (χ1n) is 5.20. The first-order valence-corrected chi connectivity index (χ1v) is 5.20. The van der Waals surface area contributed by atoms with E-state index >= 15 is 0 Å². The highest BCUT2D eigenvalue weighted by molar-refractivity contribution is 6.01. The summed E-state index contributed by atoms with van der Waals surface area (Å²) in [6.07, 6.45) is 0.368. The van der Waals surface area contributed by atoms with Crippen molar-refractivity contribution in [1.82, 2.24) is 0 Å². The Morgan fingerprint density at radius 3 is 2.94 bits per heavy atom. The number of nitrogens with zero attached hydrogens (tertiary/aromatic N) is 3. The lowest BCUT2D eigenvalue weighted by molar-refractivity contribution is -0.115. The lowest BCUT2D eigenvalue weighted by atomic mass is 10.1. The van der Waals surface area contributed by atoms with E-state index in [2.05, 4.69) is 11.4 Å². The van der Waals surface area contributed by atoms with Gasteiger partial charge in [0.2, 0.25) is 5.91 Å². The van der Waals surface area contributed by atoms with Gasteiger partial charge in [-0.1, -0.05) is 0 Å². The molecule has 5 nitrogen and oxygen atoms in total. The molecule has 0 aromatic heterocycles. The number of anilines is 2. The predicted molar refractivity (Wildman–Crippen MR) is 62.2 cm³/mol. The highest BCUT2D eigenvalue weighted by Crippen LogP contribution is 2.30. The average Bonchev–Trinajstić information content (AvgIpc) is 2.34. The molecule has 1 amide bonds. The van der Waals surface area contributed by atoms with Crippen LogP contribution in [0.1, 0.15) is 12.0 Å². The summed E-state index contributed by atoms with van der Waals surface area (Å²) in [5.41, 5.74) is 2.00. The molecule has 1 heterocycles. The maximum atomic E-state index is 11.5. The summed E-state index contributed by atoms with van der Waals surface area (Å²) in [7, 11) is 0. The topological polar surface area (TPSA) is 79.9 Å². The van der Waals surface area contributed by atoms with Crippen molar-refractivity contribution in [3.8, 4) is 12.1 Å². The van der Waals surface area contributed by atoms with E-state index in [4.69, 9.17) is 10.5 Å². The number of benzene rings is 1. The summed E-state index contributed by atoms with van der Waals surface area (Å²) in [6.45, 7) is 0.767. The molecular weight excluding hydrogens is 216 g/mol. The second kappa shape index (κ2) is 4.54. The minimum absolute atomic E-state index is 0.120. The van der Waals surface area contributed by atoms with E-state index in [1.54, 1.807) is 18.2 Å². The lowest BCUT2D eigenvalue weighted by Crippen LogP contribution is -2.38. The monoisotopic (exact) mass is 226 g/mol. The molecular formula is C12H10N4O. The van der Waals surface area contributed by atoms with E-state index in [9.17, 15) is 4.79 Å². The van der Waals surface area contributed by atoms with Gasteiger partial charge in [0.25, 0.3) is 0 Å². The van der Waals surface area contributed by atoms with Crippen molar-refractivity contribution in [2.24, 2.45) is 0 Å². The van der Waals surface area contributed by atoms with Crippen LogP contribution in [-0.2, 0) is 4.79 Å². The second-order valence-corrected chi connectivity index (χ2v) is 3.72. The minimum Gasteiger partial charge on any atom is -0.359 e. The second-order valence-electron chi connectivity index (χ2n) is 3.72. The summed E-state index contributed by atoms with van der Waals surface area (Å²) in [5.74, 6) is -0.120. The predicted octanol–water partition coefficient (Wildman–Crippen LogP) is 1.23. The molecule has 0 bridgehead atoms. The zero-order chi connectivity index (χ0) is 12.3. The van der Waals surface area contributed by atoms with Crippen molar-refractivity contribution >= 4 is 17.3 Å². The van der Waals surface area contributed by atoms with Gasteiger partial charge in [0, 0.05) is 6.54 Å². The maximum Gasteiger partial charge on any atom is 0.243 e. The fraction of sp³-hybridized carbons (Fsp3) is 0.250. The molecule has 0 atom stereocenters. The number of amides is 1. The summed E-state index contributed by atoms with van der Waals surface area (Å²) in [6, 6.07) is 9.23. The van der Waals surface area contributed by atoms with Gasteiger partial charge in [-0.3, -0.25) is 4.79 Å². The maximum absolute atomic E-state index is 11.5. The van der Waals surface area contributed by atoms with Gasteiger partial charge in [0.1, 0.15) is 0 Å². The molecule has 1 aliphatic heterocycles. The van der Waals surface area contributed by atoms with Crippen molar-refractivity contribution in [2.75, 3.05) is 23.3 Å². The standard InChI is InChI=1S/C12H10N4O/c13-4-1-5-16-8-12(17)15-10-6-9(7-14)2-3-11(10)16/h2-3,6H,1,5,8H2,(H,15,17). The largest absolute Gasteiger partial charge is 0.359 e. The third kappa shape index (κ3) is 2.19.